The van der Waals surface area contributed by atoms with Crippen molar-refractivity contribution < 1.29 is 14.3 Å². The summed E-state index contributed by atoms with van der Waals surface area (Å²) in [6.45, 7) is 0. The van der Waals surface area contributed by atoms with Crippen LogP contribution in [-0.2, 0) is 0 Å². The van der Waals surface area contributed by atoms with Gasteiger partial charge in [0.05, 0.1) is 6.04 Å². The van der Waals surface area contributed by atoms with Gasteiger partial charge in [0.1, 0.15) is 6.17 Å². The number of rotatable bonds is 2. The summed E-state index contributed by atoms with van der Waals surface area (Å²) in [6.07, 6.45) is -2.19. The van der Waals surface area contributed by atoms with E-state index in [0.717, 1.165) is 0 Å². The van der Waals surface area contributed by atoms with Crippen LogP contribution in [0, 0.1) is 0 Å². The Morgan fingerprint density at radius 2 is 2.38 bits per heavy atom. The van der Waals surface area contributed by atoms with E-state index < -0.39 is 24.3 Å². The summed E-state index contributed by atoms with van der Waals surface area (Å²) in [7, 11) is 0. The molecular formula is C6H9FN4O2. The van der Waals surface area contributed by atoms with Crippen LogP contribution in [0.15, 0.2) is 5.11 Å². The molecule has 1 aliphatic rings. The third kappa shape index (κ3) is 2.48. The number of carboxylic acid groups (broad SMARTS) is 1. The van der Waals surface area contributed by atoms with Gasteiger partial charge in [0.2, 0.25) is 0 Å². The lowest BCUT2D eigenvalue weighted by molar-refractivity contribution is 0.181. The van der Waals surface area contributed by atoms with E-state index >= 15 is 0 Å². The number of halogens is 1. The van der Waals surface area contributed by atoms with E-state index in [0.29, 0.717) is 0 Å². The molecule has 1 amide bonds. The summed E-state index contributed by atoms with van der Waals surface area (Å²) in [5.41, 5.74) is 8.08. The molecule has 0 unspecified atom stereocenters. The van der Waals surface area contributed by atoms with Gasteiger partial charge in [-0.15, -0.1) is 0 Å². The highest BCUT2D eigenvalue weighted by Crippen LogP contribution is 2.25. The fourth-order valence-corrected chi connectivity index (χ4v) is 1.44. The molecule has 0 aromatic heterocycles. The second-order valence-electron chi connectivity index (χ2n) is 2.90. The summed E-state index contributed by atoms with van der Waals surface area (Å²) >= 11 is 0. The van der Waals surface area contributed by atoms with Crippen LogP contribution in [0.2, 0.25) is 0 Å². The molecule has 0 radical (unpaired) electrons. The molecule has 0 heterocycles. The van der Waals surface area contributed by atoms with Gasteiger partial charge < -0.3 is 10.4 Å². The maximum absolute atomic E-state index is 13.0. The number of hydrogen-bond acceptors (Lipinski definition) is 2. The van der Waals surface area contributed by atoms with E-state index in [1.807, 2.05) is 5.32 Å². The normalized spacial score (nSPS) is 32.2. The maximum atomic E-state index is 13.0. The van der Waals surface area contributed by atoms with Crippen LogP contribution < -0.4 is 5.32 Å². The zero-order valence-corrected chi connectivity index (χ0v) is 6.72. The molecule has 0 saturated heterocycles. The number of nitrogens with one attached hydrogen (secondary N) is 1. The van der Waals surface area contributed by atoms with Crippen molar-refractivity contribution in [2.75, 3.05) is 0 Å². The molecular weight excluding hydrogens is 179 g/mol. The summed E-state index contributed by atoms with van der Waals surface area (Å²) in [5.74, 6) is 0. The van der Waals surface area contributed by atoms with Crippen molar-refractivity contribution in [1.82, 2.24) is 5.32 Å². The van der Waals surface area contributed by atoms with Crippen molar-refractivity contribution in [3.8, 4) is 0 Å². The van der Waals surface area contributed by atoms with Gasteiger partial charge in [0.25, 0.3) is 0 Å². The zero-order valence-electron chi connectivity index (χ0n) is 6.72. The van der Waals surface area contributed by atoms with Crippen LogP contribution in [0.1, 0.15) is 12.8 Å². The Kier molecular flexibility index (Phi) is 2.92. The second-order valence-corrected chi connectivity index (χ2v) is 2.90. The van der Waals surface area contributed by atoms with Crippen molar-refractivity contribution in [3.05, 3.63) is 10.4 Å². The second kappa shape index (κ2) is 3.95. The fourth-order valence-electron chi connectivity index (χ4n) is 1.44. The van der Waals surface area contributed by atoms with Gasteiger partial charge in [-0.25, -0.2) is 9.18 Å². The van der Waals surface area contributed by atoms with Crippen molar-refractivity contribution in [3.63, 3.8) is 0 Å². The lowest BCUT2D eigenvalue weighted by atomic mass is 10.2. The van der Waals surface area contributed by atoms with Crippen molar-refractivity contribution in [2.45, 2.75) is 31.1 Å². The number of alkyl halides is 1. The van der Waals surface area contributed by atoms with Crippen molar-refractivity contribution >= 4 is 6.09 Å². The monoisotopic (exact) mass is 188 g/mol. The average molecular weight is 188 g/mol. The first kappa shape index (κ1) is 9.60. The molecule has 0 spiro atoms. The van der Waals surface area contributed by atoms with Crippen LogP contribution >= 0.6 is 0 Å². The van der Waals surface area contributed by atoms with E-state index in [9.17, 15) is 9.18 Å². The molecule has 1 saturated carbocycles. The van der Waals surface area contributed by atoms with E-state index in [4.69, 9.17) is 10.6 Å². The minimum absolute atomic E-state index is 0.0923. The SMILES string of the molecule is [N-]=[N+]=N[C@H]1C[C@@H](F)[C@H](NC(=O)O)C1. The first-order valence-electron chi connectivity index (χ1n) is 3.81. The smallest absolute Gasteiger partial charge is 0.404 e. The fraction of sp³-hybridized carbons (Fsp3) is 0.833. The summed E-state index contributed by atoms with van der Waals surface area (Å²) in [5, 5.41) is 13.7. The van der Waals surface area contributed by atoms with Gasteiger partial charge in [-0.1, -0.05) is 5.11 Å². The molecule has 0 bridgehead atoms. The maximum Gasteiger partial charge on any atom is 0.404 e. The highest BCUT2D eigenvalue weighted by molar-refractivity contribution is 5.65. The standard InChI is InChI=1S/C6H9FN4O2/c7-4-1-3(10-11-8)2-5(4)9-6(12)13/h3-5,9H,1-2H2,(H,12,13)/t3-,4+,5+/m0/s1. The molecule has 1 rings (SSSR count). The van der Waals surface area contributed by atoms with Crippen LogP contribution in [-0.4, -0.2) is 29.5 Å². The minimum atomic E-state index is -1.26. The van der Waals surface area contributed by atoms with Gasteiger partial charge in [-0.2, -0.15) is 0 Å². The Hall–Kier alpha value is -1.49. The number of azide groups is 1. The molecule has 7 heteroatoms. The van der Waals surface area contributed by atoms with E-state index in [1.54, 1.807) is 0 Å². The molecule has 1 fully saturated rings. The van der Waals surface area contributed by atoms with E-state index in [2.05, 4.69) is 10.0 Å². The number of nitrogens with zero attached hydrogens (tertiary/aromatic N) is 3. The predicted octanol–water partition coefficient (Wildman–Crippen LogP) is 1.43. The zero-order chi connectivity index (χ0) is 9.84. The molecule has 1 aliphatic carbocycles. The predicted molar refractivity (Wildman–Crippen MR) is 42.0 cm³/mol. The first-order chi connectivity index (χ1) is 6.13. The molecule has 3 atom stereocenters. The Morgan fingerprint density at radius 3 is 2.92 bits per heavy atom. The Labute approximate surface area is 73.4 Å². The summed E-state index contributed by atoms with van der Waals surface area (Å²) in [4.78, 5) is 12.7. The Morgan fingerprint density at radius 1 is 1.69 bits per heavy atom. The van der Waals surface area contributed by atoms with Crippen LogP contribution in [0.5, 0.6) is 0 Å². The Bertz CT molecular complexity index is 253. The molecule has 0 aromatic rings. The van der Waals surface area contributed by atoms with Crippen LogP contribution in [0.3, 0.4) is 0 Å². The molecule has 0 aromatic carbocycles. The third-order valence-corrected chi connectivity index (χ3v) is 1.98. The summed E-state index contributed by atoms with van der Waals surface area (Å²) < 4.78 is 13.0. The van der Waals surface area contributed by atoms with Crippen molar-refractivity contribution in [1.29, 1.82) is 0 Å². The topological polar surface area (TPSA) is 98.1 Å². The highest BCUT2D eigenvalue weighted by Gasteiger charge is 2.34. The van der Waals surface area contributed by atoms with Crippen LogP contribution in [0.4, 0.5) is 9.18 Å². The highest BCUT2D eigenvalue weighted by atomic mass is 19.1. The largest absolute Gasteiger partial charge is 0.465 e. The quantitative estimate of drug-likeness (QED) is 0.389. The minimum Gasteiger partial charge on any atom is -0.465 e. The third-order valence-electron chi connectivity index (χ3n) is 1.98. The molecule has 72 valence electrons. The average Bonchev–Trinajstić information content (AvgIpc) is 2.31. The van der Waals surface area contributed by atoms with E-state index in [1.165, 1.54) is 0 Å². The van der Waals surface area contributed by atoms with Gasteiger partial charge in [-0.05, 0) is 18.4 Å². The van der Waals surface area contributed by atoms with E-state index in [-0.39, 0.29) is 12.8 Å². The van der Waals surface area contributed by atoms with Gasteiger partial charge in [0.15, 0.2) is 0 Å². The van der Waals surface area contributed by atoms with Gasteiger partial charge in [0, 0.05) is 11.0 Å². The lowest BCUT2D eigenvalue weighted by Gasteiger charge is -2.11. The van der Waals surface area contributed by atoms with Gasteiger partial charge >= 0.3 is 6.09 Å². The molecule has 6 nitrogen and oxygen atoms in total. The lowest BCUT2D eigenvalue weighted by Crippen LogP contribution is -2.37. The molecule has 2 N–H and O–H groups in total. The molecule has 13 heavy (non-hydrogen) atoms. The first-order valence-corrected chi connectivity index (χ1v) is 3.81. The summed E-state index contributed by atoms with van der Waals surface area (Å²) in [6, 6.07) is -1.18. The van der Waals surface area contributed by atoms with Crippen molar-refractivity contribution in [2.24, 2.45) is 5.11 Å². The Balaban J connectivity index is 2.50. The number of carbonyl (C=O) groups is 1. The van der Waals surface area contributed by atoms with Gasteiger partial charge in [-0.3, -0.25) is 0 Å². The number of amides is 1. The molecule has 0 aliphatic heterocycles. The van der Waals surface area contributed by atoms with Crippen LogP contribution in [0.25, 0.3) is 10.4 Å². The number of hydrogen-bond donors (Lipinski definition) is 2.